The number of carbonyl (C=O) groups is 12. The molecule has 100 heavy (non-hydrogen) atoms. The molecule has 564 valence electrons. The molecule has 0 radical (unpaired) electrons. The van der Waals surface area contributed by atoms with Gasteiger partial charge in [0.1, 0.15) is 47.8 Å². The highest BCUT2D eigenvalue weighted by Crippen LogP contribution is 2.44. The summed E-state index contributed by atoms with van der Waals surface area (Å²) in [6.45, 7) is 4.58. The van der Waals surface area contributed by atoms with E-state index in [-0.39, 0.29) is 109 Å². The van der Waals surface area contributed by atoms with Gasteiger partial charge in [-0.2, -0.15) is 13.2 Å². The van der Waals surface area contributed by atoms with E-state index >= 15 is 24.0 Å². The van der Waals surface area contributed by atoms with E-state index in [1.807, 2.05) is 13.8 Å². The van der Waals surface area contributed by atoms with Crippen molar-refractivity contribution in [2.75, 3.05) is 102 Å². The molecule has 1 spiro atoms. The van der Waals surface area contributed by atoms with Crippen LogP contribution in [0.2, 0.25) is 0 Å². The van der Waals surface area contributed by atoms with E-state index in [1.165, 1.54) is 78.7 Å². The molecule has 0 bridgehead atoms. The minimum atomic E-state index is -4.51. The number of morpholine rings is 1. The summed E-state index contributed by atoms with van der Waals surface area (Å²) in [4.78, 5) is 190. The number of amides is 12. The smallest absolute Gasteiger partial charge is 0.378 e. The van der Waals surface area contributed by atoms with Gasteiger partial charge in [0.15, 0.2) is 0 Å². The largest absolute Gasteiger partial charge is 0.393 e. The monoisotopic (exact) mass is 1430 g/mol. The van der Waals surface area contributed by atoms with Gasteiger partial charge in [-0.25, -0.2) is 0 Å². The Morgan fingerprint density at radius 2 is 1.21 bits per heavy atom. The van der Waals surface area contributed by atoms with Crippen LogP contribution in [0.4, 0.5) is 13.2 Å². The van der Waals surface area contributed by atoms with Crippen molar-refractivity contribution >= 4 is 82.5 Å². The zero-order valence-electron chi connectivity index (χ0n) is 60.9. The number of rotatable bonds is 11. The fraction of sp³-hybridized carbons (Fsp3) is 0.831. The Labute approximate surface area is 594 Å². The number of likely N-dealkylation sites (N-methyl/N-ethyl adjacent to an activating group) is 7. The predicted molar refractivity (Wildman–Crippen MR) is 367 cm³/mol. The molecule has 7 rings (SSSR count). The quantitative estimate of drug-likeness (QED) is 0.228. The third kappa shape index (κ3) is 20.3. The number of ether oxygens (including phenoxy) is 1. The lowest BCUT2D eigenvalue weighted by molar-refractivity contribution is -0.182. The summed E-state index contributed by atoms with van der Waals surface area (Å²) in [6.07, 6.45) is 5.93. The number of hydrogen-bond acceptors (Lipinski definition) is 13. The number of nitrogens with one attached hydrogen (secondary N) is 3. The van der Waals surface area contributed by atoms with Gasteiger partial charge in [0.2, 0.25) is 70.9 Å². The molecule has 7 aliphatic rings. The first-order valence-electron chi connectivity index (χ1n) is 36.9. The number of nitrogens with zero attached hydrogens (tertiary/aromatic N) is 9. The molecule has 0 aromatic rings. The van der Waals surface area contributed by atoms with E-state index < -0.39 is 174 Å². The summed E-state index contributed by atoms with van der Waals surface area (Å²) in [5.74, 6) is -10.5. The van der Waals surface area contributed by atoms with E-state index in [0.29, 0.717) is 44.9 Å². The van der Waals surface area contributed by atoms with Crippen molar-refractivity contribution in [2.45, 2.75) is 247 Å². The van der Waals surface area contributed by atoms with Crippen molar-refractivity contribution in [1.29, 1.82) is 0 Å². The molecule has 3 heterocycles. The van der Waals surface area contributed by atoms with Crippen LogP contribution in [-0.2, 0) is 62.3 Å². The first-order valence-corrected chi connectivity index (χ1v) is 37.4. The van der Waals surface area contributed by atoms with Gasteiger partial charge in [-0.05, 0) is 107 Å². The van der Waals surface area contributed by atoms with Crippen molar-refractivity contribution in [3.8, 4) is 0 Å². The molecule has 12 amide bonds. The second kappa shape index (κ2) is 36.7. The molecule has 0 aromatic carbocycles. The van der Waals surface area contributed by atoms with E-state index in [0.717, 1.165) is 66.1 Å². The third-order valence-electron chi connectivity index (χ3n) is 23.0. The lowest BCUT2D eigenvalue weighted by Crippen LogP contribution is -2.65. The topological polar surface area (TPSA) is 279 Å². The number of alkyl halides is 4. The summed E-state index contributed by atoms with van der Waals surface area (Å²) >= 11 is 6.41. The summed E-state index contributed by atoms with van der Waals surface area (Å²) in [7, 11) is 10.0. The molecular formula is C71H114ClF3N12O13. The molecule has 3 aliphatic heterocycles. The fourth-order valence-corrected chi connectivity index (χ4v) is 16.9. The van der Waals surface area contributed by atoms with E-state index in [1.54, 1.807) is 6.92 Å². The Hall–Kier alpha value is -6.32. The van der Waals surface area contributed by atoms with Gasteiger partial charge < -0.3 is 64.8 Å². The van der Waals surface area contributed by atoms with Gasteiger partial charge >= 0.3 is 6.18 Å². The predicted octanol–water partition coefficient (Wildman–Crippen LogP) is 5.08. The summed E-state index contributed by atoms with van der Waals surface area (Å²) in [5, 5.41) is 7.59. The highest BCUT2D eigenvalue weighted by molar-refractivity contribution is 6.21. The molecule has 7 fully saturated rings. The van der Waals surface area contributed by atoms with Crippen molar-refractivity contribution < 1.29 is 75.4 Å². The Balaban J connectivity index is 1.27. The average molecular weight is 1440 g/mol. The van der Waals surface area contributed by atoms with Crippen molar-refractivity contribution in [1.82, 2.24) is 60.0 Å². The Kier molecular flexibility index (Phi) is 29.7. The van der Waals surface area contributed by atoms with Crippen LogP contribution in [0.1, 0.15) is 188 Å². The summed E-state index contributed by atoms with van der Waals surface area (Å²) in [5.41, 5.74) is -1.56. The molecule has 3 saturated heterocycles. The van der Waals surface area contributed by atoms with Gasteiger partial charge in [0.25, 0.3) is 0 Å². The van der Waals surface area contributed by atoms with Gasteiger partial charge in [-0.15, -0.1) is 11.6 Å². The molecule has 11 atom stereocenters. The van der Waals surface area contributed by atoms with Crippen molar-refractivity contribution in [2.24, 2.45) is 29.6 Å². The highest BCUT2D eigenvalue weighted by Gasteiger charge is 2.52. The zero-order chi connectivity index (χ0) is 73.5. The Bertz CT molecular complexity index is 2890. The number of hydrogen-bond donors (Lipinski definition) is 3. The van der Waals surface area contributed by atoms with Gasteiger partial charge in [0, 0.05) is 74.3 Å². The highest BCUT2D eigenvalue weighted by atomic mass is 35.5. The van der Waals surface area contributed by atoms with Gasteiger partial charge in [0.05, 0.1) is 45.2 Å². The first-order chi connectivity index (χ1) is 47.3. The van der Waals surface area contributed by atoms with Crippen LogP contribution in [0.25, 0.3) is 0 Å². The van der Waals surface area contributed by atoms with Crippen LogP contribution in [0, 0.1) is 29.6 Å². The minimum absolute atomic E-state index is 0.000466. The first kappa shape index (κ1) is 81.0. The Morgan fingerprint density at radius 1 is 0.600 bits per heavy atom. The number of fused-ring (bicyclic) bond motifs is 1. The van der Waals surface area contributed by atoms with Crippen LogP contribution in [0.15, 0.2) is 0 Å². The maximum Gasteiger partial charge on any atom is 0.393 e. The van der Waals surface area contributed by atoms with Crippen LogP contribution in [-0.4, -0.2) is 276 Å². The third-order valence-corrected chi connectivity index (χ3v) is 23.5. The average Bonchev–Trinajstić information content (AvgIpc) is 1.37. The van der Waals surface area contributed by atoms with Crippen LogP contribution < -0.4 is 16.0 Å². The molecule has 3 N–H and O–H groups in total. The standard InChI is InChI=1S/C71H114ClF3N12O13/c1-11-22-52-62(92)77-60(45(3)12-2)67(97)81(6)43-58(90)79(4)44-59(91)83(8)54(40-46-23-15-13-16-24-46)65(95)80(5)42-56(88)76-51(31-29-47-28-30-49(50(72)39-47)71(73,74)75)64(94)87-34-21-27-53(87)63(93)78-70(32-19-20-33-70)69(99)85(10)61(48-25-17-14-18-26-48)68(98)84(9)55(41-57(89)82(52)7)66(96)86-35-37-100-38-36-86/h45-55,60-61H,11-44H2,1-10H3,(H,76,88)(H,77,92)(H,78,93)/t45-,47?,49?,50?,51-,52-,53-,54-,55-,60-,61-/m0/s1. The Morgan fingerprint density at radius 3 is 1.82 bits per heavy atom. The van der Waals surface area contributed by atoms with Gasteiger partial charge in [-0.3, -0.25) is 57.5 Å². The van der Waals surface area contributed by atoms with Gasteiger partial charge in [-0.1, -0.05) is 97.8 Å². The molecule has 4 aliphatic carbocycles. The maximum absolute atomic E-state index is 15.8. The second-order valence-electron chi connectivity index (χ2n) is 30.0. The van der Waals surface area contributed by atoms with E-state index in [9.17, 15) is 46.7 Å². The van der Waals surface area contributed by atoms with Crippen LogP contribution in [0.3, 0.4) is 0 Å². The minimum Gasteiger partial charge on any atom is -0.378 e. The zero-order valence-corrected chi connectivity index (χ0v) is 61.6. The lowest BCUT2D eigenvalue weighted by atomic mass is 9.78. The normalized spacial score (nSPS) is 30.1. The number of halogens is 4. The molecule has 0 aromatic heterocycles. The van der Waals surface area contributed by atoms with Crippen LogP contribution in [0.5, 0.6) is 0 Å². The SMILES string of the molecule is CCC[C@H]1C(=O)N[C@@H]([C@@H](C)CC)C(=O)N(C)CC(=O)N(C)CC(=O)N(C)[C@@H](CC2CCCCC2)C(=O)N(C)CC(=O)N[C@@H](CCC2CCC(C(F)(F)F)C(Cl)C2)C(=O)N2CCC[C@H]2C(=O)NC2(CCCC2)C(=O)N(C)[C@@H](C2CCCCC2)C(=O)N(C)[C@H](C(=O)N2CCOCC2)CC(=O)N1C. The second-order valence-corrected chi connectivity index (χ2v) is 30.5. The van der Waals surface area contributed by atoms with Crippen LogP contribution >= 0.6 is 11.6 Å². The molecule has 29 heteroatoms. The molecule has 25 nitrogen and oxygen atoms in total. The van der Waals surface area contributed by atoms with E-state index in [2.05, 4.69) is 16.0 Å². The molecule has 3 unspecified atom stereocenters. The summed E-state index contributed by atoms with van der Waals surface area (Å²) in [6, 6.07) is -8.59. The fourth-order valence-electron chi connectivity index (χ4n) is 16.4. The molecule has 4 saturated carbocycles. The maximum atomic E-state index is 15.8. The van der Waals surface area contributed by atoms with Crippen molar-refractivity contribution in [3.05, 3.63) is 0 Å². The number of carbonyl (C=O) groups excluding carboxylic acids is 12. The van der Waals surface area contributed by atoms with E-state index in [4.69, 9.17) is 16.3 Å². The van der Waals surface area contributed by atoms with Crippen molar-refractivity contribution in [3.63, 3.8) is 0 Å². The molecular weight excluding hydrogens is 1320 g/mol. The summed E-state index contributed by atoms with van der Waals surface area (Å²) < 4.78 is 47.6. The lowest BCUT2D eigenvalue weighted by Gasteiger charge is -2.43.